The van der Waals surface area contributed by atoms with Gasteiger partial charge in [-0.1, -0.05) is 20.8 Å². The molecule has 1 amide bonds. The molecule has 1 rings (SSSR count). The maximum atomic E-state index is 12.0. The van der Waals surface area contributed by atoms with Crippen molar-refractivity contribution in [2.45, 2.75) is 34.1 Å². The Bertz CT molecular complexity index is 449. The number of carboxylic acid groups (broad SMARTS) is 1. The molecular weight excluding hydrogens is 238 g/mol. The van der Waals surface area contributed by atoms with Crippen molar-refractivity contribution < 1.29 is 14.7 Å². The van der Waals surface area contributed by atoms with Crippen LogP contribution in [0, 0.1) is 12.3 Å². The SMILES string of the molecule is CCC(C)(C)C(=O)Nc1c(C)csc1C(=O)O. The number of anilines is 1. The fourth-order valence-corrected chi connectivity index (χ4v) is 2.04. The summed E-state index contributed by atoms with van der Waals surface area (Å²) in [5.74, 6) is -1.16. The second kappa shape index (κ2) is 4.87. The molecule has 0 radical (unpaired) electrons. The van der Waals surface area contributed by atoms with E-state index in [1.54, 1.807) is 12.3 Å². The van der Waals surface area contributed by atoms with Crippen molar-refractivity contribution in [2.75, 3.05) is 5.32 Å². The summed E-state index contributed by atoms with van der Waals surface area (Å²) in [6.07, 6.45) is 0.699. The zero-order valence-electron chi connectivity index (χ0n) is 10.5. The molecule has 0 spiro atoms. The first-order valence-corrected chi connectivity index (χ1v) is 6.30. The topological polar surface area (TPSA) is 66.4 Å². The van der Waals surface area contributed by atoms with Crippen LogP contribution >= 0.6 is 11.3 Å². The Balaban J connectivity index is 3.00. The lowest BCUT2D eigenvalue weighted by atomic mass is 9.89. The van der Waals surface area contributed by atoms with Crippen molar-refractivity contribution in [3.63, 3.8) is 0 Å². The van der Waals surface area contributed by atoms with E-state index in [1.807, 2.05) is 20.8 Å². The zero-order chi connectivity index (χ0) is 13.2. The summed E-state index contributed by atoms with van der Waals surface area (Å²) in [4.78, 5) is 23.2. The molecule has 4 nitrogen and oxygen atoms in total. The summed E-state index contributed by atoms with van der Waals surface area (Å²) in [5, 5.41) is 13.5. The Morgan fingerprint density at radius 3 is 2.53 bits per heavy atom. The van der Waals surface area contributed by atoms with Crippen LogP contribution in [0.5, 0.6) is 0 Å². The van der Waals surface area contributed by atoms with Gasteiger partial charge >= 0.3 is 5.97 Å². The van der Waals surface area contributed by atoms with Gasteiger partial charge in [0.1, 0.15) is 4.88 Å². The molecule has 0 saturated heterocycles. The van der Waals surface area contributed by atoms with Gasteiger partial charge in [-0.15, -0.1) is 11.3 Å². The third-order valence-electron chi connectivity index (χ3n) is 2.91. The maximum absolute atomic E-state index is 12.0. The number of hydrogen-bond acceptors (Lipinski definition) is 3. The highest BCUT2D eigenvalue weighted by molar-refractivity contribution is 7.12. The molecular formula is C12H17NO3S. The third-order valence-corrected chi connectivity index (χ3v) is 3.99. The molecule has 1 aromatic rings. The average Bonchev–Trinajstić information content (AvgIpc) is 2.60. The summed E-state index contributed by atoms with van der Waals surface area (Å²) in [6, 6.07) is 0. The first-order valence-electron chi connectivity index (χ1n) is 5.42. The molecule has 2 N–H and O–H groups in total. The fraction of sp³-hybridized carbons (Fsp3) is 0.500. The molecule has 94 valence electrons. The second-order valence-corrected chi connectivity index (χ2v) is 5.50. The van der Waals surface area contributed by atoms with Crippen LogP contribution < -0.4 is 5.32 Å². The van der Waals surface area contributed by atoms with Gasteiger partial charge in [0.15, 0.2) is 0 Å². The van der Waals surface area contributed by atoms with Crippen molar-refractivity contribution in [3.05, 3.63) is 15.8 Å². The quantitative estimate of drug-likeness (QED) is 0.868. The van der Waals surface area contributed by atoms with Gasteiger partial charge in [-0.3, -0.25) is 4.79 Å². The van der Waals surface area contributed by atoms with Crippen molar-refractivity contribution in [2.24, 2.45) is 5.41 Å². The number of aromatic carboxylic acids is 1. The van der Waals surface area contributed by atoms with Gasteiger partial charge in [0.05, 0.1) is 5.69 Å². The van der Waals surface area contributed by atoms with Crippen molar-refractivity contribution in [1.29, 1.82) is 0 Å². The Morgan fingerprint density at radius 2 is 2.06 bits per heavy atom. The molecule has 0 aromatic carbocycles. The normalized spacial score (nSPS) is 11.3. The van der Waals surface area contributed by atoms with Crippen molar-refractivity contribution >= 4 is 28.9 Å². The van der Waals surface area contributed by atoms with Crippen LogP contribution in [0.4, 0.5) is 5.69 Å². The predicted molar refractivity (Wildman–Crippen MR) is 68.7 cm³/mol. The van der Waals surface area contributed by atoms with E-state index < -0.39 is 11.4 Å². The molecule has 5 heteroatoms. The molecule has 1 aromatic heterocycles. The predicted octanol–water partition coefficient (Wildman–Crippen LogP) is 3.13. The standard InChI is InChI=1S/C12H17NO3S/c1-5-12(3,4)11(16)13-8-7(2)6-17-9(8)10(14)15/h6H,5H2,1-4H3,(H,13,16)(H,14,15). The maximum Gasteiger partial charge on any atom is 0.348 e. The lowest BCUT2D eigenvalue weighted by molar-refractivity contribution is -0.124. The Morgan fingerprint density at radius 1 is 1.47 bits per heavy atom. The van der Waals surface area contributed by atoms with E-state index in [4.69, 9.17) is 5.11 Å². The number of thiophene rings is 1. The molecule has 1 heterocycles. The first-order chi connectivity index (χ1) is 7.79. The molecule has 17 heavy (non-hydrogen) atoms. The van der Waals surface area contributed by atoms with E-state index in [0.717, 1.165) is 16.9 Å². The summed E-state index contributed by atoms with van der Waals surface area (Å²) in [5.41, 5.74) is 0.714. The number of aryl methyl sites for hydroxylation is 1. The van der Waals surface area contributed by atoms with Crippen LogP contribution in [0.2, 0.25) is 0 Å². The minimum atomic E-state index is -1.01. The smallest absolute Gasteiger partial charge is 0.348 e. The van der Waals surface area contributed by atoms with Crippen molar-refractivity contribution in [3.8, 4) is 0 Å². The molecule has 0 saturated carbocycles. The number of rotatable bonds is 4. The van der Waals surface area contributed by atoms with Gasteiger partial charge < -0.3 is 10.4 Å². The minimum Gasteiger partial charge on any atom is -0.477 e. The first kappa shape index (κ1) is 13.7. The molecule has 0 bridgehead atoms. The summed E-state index contributed by atoms with van der Waals surface area (Å²) in [7, 11) is 0. The third kappa shape index (κ3) is 2.85. The van der Waals surface area contributed by atoms with Crippen LogP contribution in [0.3, 0.4) is 0 Å². The van der Waals surface area contributed by atoms with E-state index in [9.17, 15) is 9.59 Å². The van der Waals surface area contributed by atoms with E-state index in [0.29, 0.717) is 12.1 Å². The van der Waals surface area contributed by atoms with Crippen LogP contribution in [-0.4, -0.2) is 17.0 Å². The average molecular weight is 255 g/mol. The van der Waals surface area contributed by atoms with Gasteiger partial charge in [-0.2, -0.15) is 0 Å². The Labute approximate surface area is 105 Å². The van der Waals surface area contributed by atoms with Gasteiger partial charge in [-0.25, -0.2) is 4.79 Å². The van der Waals surface area contributed by atoms with Gasteiger partial charge in [0, 0.05) is 5.41 Å². The van der Waals surface area contributed by atoms with E-state index in [2.05, 4.69) is 5.32 Å². The number of carbonyl (C=O) groups excluding carboxylic acids is 1. The van der Waals surface area contributed by atoms with Crippen LogP contribution in [-0.2, 0) is 4.79 Å². The van der Waals surface area contributed by atoms with Gasteiger partial charge in [0.25, 0.3) is 0 Å². The highest BCUT2D eigenvalue weighted by atomic mass is 32.1. The number of carbonyl (C=O) groups is 2. The van der Waals surface area contributed by atoms with Crippen LogP contribution in [0.15, 0.2) is 5.38 Å². The van der Waals surface area contributed by atoms with Crippen LogP contribution in [0.1, 0.15) is 42.4 Å². The molecule has 0 fully saturated rings. The Kier molecular flexibility index (Phi) is 3.93. The molecule has 0 aliphatic rings. The molecule has 0 unspecified atom stereocenters. The lowest BCUT2D eigenvalue weighted by Gasteiger charge is -2.21. The van der Waals surface area contributed by atoms with E-state index in [1.165, 1.54) is 0 Å². The Hall–Kier alpha value is -1.36. The number of amides is 1. The van der Waals surface area contributed by atoms with Gasteiger partial charge in [-0.05, 0) is 24.3 Å². The number of carboxylic acids is 1. The summed E-state index contributed by atoms with van der Waals surface area (Å²) < 4.78 is 0. The number of hydrogen-bond donors (Lipinski definition) is 2. The second-order valence-electron chi connectivity index (χ2n) is 4.62. The summed E-state index contributed by atoms with van der Waals surface area (Å²) in [6.45, 7) is 7.39. The largest absolute Gasteiger partial charge is 0.477 e. The fourth-order valence-electron chi connectivity index (χ4n) is 1.20. The lowest BCUT2D eigenvalue weighted by Crippen LogP contribution is -2.30. The van der Waals surface area contributed by atoms with E-state index in [-0.39, 0.29) is 10.8 Å². The highest BCUT2D eigenvalue weighted by Gasteiger charge is 2.27. The molecule has 0 atom stereocenters. The number of nitrogens with one attached hydrogen (secondary N) is 1. The van der Waals surface area contributed by atoms with Gasteiger partial charge in [0.2, 0.25) is 5.91 Å². The molecule has 0 aliphatic heterocycles. The summed E-state index contributed by atoms with van der Waals surface area (Å²) >= 11 is 1.13. The van der Waals surface area contributed by atoms with E-state index >= 15 is 0 Å². The van der Waals surface area contributed by atoms with Crippen LogP contribution in [0.25, 0.3) is 0 Å². The zero-order valence-corrected chi connectivity index (χ0v) is 11.3. The monoisotopic (exact) mass is 255 g/mol. The minimum absolute atomic E-state index is 0.149. The van der Waals surface area contributed by atoms with Crippen molar-refractivity contribution in [1.82, 2.24) is 0 Å². The molecule has 0 aliphatic carbocycles. The highest BCUT2D eigenvalue weighted by Crippen LogP contribution is 2.30.